The summed E-state index contributed by atoms with van der Waals surface area (Å²) in [5.41, 5.74) is 8.86. The van der Waals surface area contributed by atoms with Crippen LogP contribution in [0, 0.1) is 0 Å². The van der Waals surface area contributed by atoms with Gasteiger partial charge in [0.2, 0.25) is 0 Å². The predicted molar refractivity (Wildman–Crippen MR) is 93.1 cm³/mol. The van der Waals surface area contributed by atoms with E-state index in [0.717, 1.165) is 30.5 Å². The topological polar surface area (TPSA) is 29.3 Å². The molecule has 0 aliphatic carbocycles. The molecular weight excluding hydrogens is 324 g/mol. The predicted octanol–water partition coefficient (Wildman–Crippen LogP) is 4.36. The maximum atomic E-state index is 6.31. The van der Waals surface area contributed by atoms with Crippen LogP contribution in [-0.4, -0.2) is 18.0 Å². The molecule has 0 saturated carbocycles. The first-order valence-electron chi connectivity index (χ1n) is 7.46. The zero-order chi connectivity index (χ0) is 15.1. The summed E-state index contributed by atoms with van der Waals surface area (Å²) in [4.78, 5) is 2.44. The lowest BCUT2D eigenvalue weighted by atomic mass is 10.0. The van der Waals surface area contributed by atoms with Crippen molar-refractivity contribution < 1.29 is 0 Å². The van der Waals surface area contributed by atoms with Gasteiger partial charge < -0.3 is 5.73 Å². The third-order valence-corrected chi connectivity index (χ3v) is 4.22. The van der Waals surface area contributed by atoms with Crippen LogP contribution in [-0.2, 0) is 6.54 Å². The van der Waals surface area contributed by atoms with Crippen LogP contribution in [0.3, 0.4) is 0 Å². The lowest BCUT2D eigenvalue weighted by molar-refractivity contribution is 0.268. The van der Waals surface area contributed by atoms with Crippen molar-refractivity contribution in [3.8, 4) is 0 Å². The molecule has 1 atom stereocenters. The summed E-state index contributed by atoms with van der Waals surface area (Å²) < 4.78 is 1.09. The van der Waals surface area contributed by atoms with E-state index in [1.165, 1.54) is 11.1 Å². The van der Waals surface area contributed by atoms with Crippen molar-refractivity contribution in [2.24, 2.45) is 5.73 Å². The van der Waals surface area contributed by atoms with E-state index in [9.17, 15) is 0 Å². The maximum absolute atomic E-state index is 6.31. The third-order valence-electron chi connectivity index (χ3n) is 3.73. The van der Waals surface area contributed by atoms with Crippen molar-refractivity contribution in [2.45, 2.75) is 25.9 Å². The molecule has 1 unspecified atom stereocenters. The second-order valence-electron chi connectivity index (χ2n) is 5.30. The van der Waals surface area contributed by atoms with Crippen LogP contribution >= 0.6 is 15.9 Å². The molecule has 0 fully saturated rings. The first kappa shape index (κ1) is 16.2. The summed E-state index contributed by atoms with van der Waals surface area (Å²) >= 11 is 3.50. The molecule has 2 aromatic carbocycles. The number of nitrogens with two attached hydrogens (primary N) is 1. The molecule has 0 aliphatic heterocycles. The Bertz CT molecular complexity index is 542. The van der Waals surface area contributed by atoms with Gasteiger partial charge in [-0.25, -0.2) is 0 Å². The first-order chi connectivity index (χ1) is 10.2. The van der Waals surface area contributed by atoms with Gasteiger partial charge >= 0.3 is 0 Å². The fourth-order valence-corrected chi connectivity index (χ4v) is 2.83. The fourth-order valence-electron chi connectivity index (χ4n) is 2.42. The van der Waals surface area contributed by atoms with Gasteiger partial charge in [0.05, 0.1) is 0 Å². The summed E-state index contributed by atoms with van der Waals surface area (Å²) in [6.07, 6.45) is 0.969. The van der Waals surface area contributed by atoms with E-state index in [0.29, 0.717) is 0 Å². The molecule has 2 nitrogen and oxygen atoms in total. The van der Waals surface area contributed by atoms with Crippen LogP contribution < -0.4 is 5.73 Å². The normalized spacial score (nSPS) is 12.6. The largest absolute Gasteiger partial charge is 0.324 e. The zero-order valence-electron chi connectivity index (χ0n) is 12.5. The van der Waals surface area contributed by atoms with Crippen LogP contribution in [0.1, 0.15) is 30.5 Å². The number of hydrogen-bond acceptors (Lipinski definition) is 2. The number of hydrogen-bond donors (Lipinski definition) is 1. The number of halogens is 1. The highest BCUT2D eigenvalue weighted by Gasteiger charge is 2.09. The van der Waals surface area contributed by atoms with E-state index >= 15 is 0 Å². The van der Waals surface area contributed by atoms with Crippen molar-refractivity contribution in [2.75, 3.05) is 13.1 Å². The average molecular weight is 347 g/mol. The minimum absolute atomic E-state index is 0.0901. The second kappa shape index (κ2) is 8.32. The van der Waals surface area contributed by atoms with Crippen molar-refractivity contribution in [3.63, 3.8) is 0 Å². The second-order valence-corrected chi connectivity index (χ2v) is 6.22. The quantitative estimate of drug-likeness (QED) is 0.806. The molecule has 3 heteroatoms. The Morgan fingerprint density at radius 3 is 2.52 bits per heavy atom. The first-order valence-corrected chi connectivity index (χ1v) is 8.25. The molecule has 0 radical (unpaired) electrons. The Morgan fingerprint density at radius 1 is 1.10 bits per heavy atom. The number of benzene rings is 2. The smallest absolute Gasteiger partial charge is 0.0307 e. The summed E-state index contributed by atoms with van der Waals surface area (Å²) in [6, 6.07) is 19.0. The Balaban J connectivity index is 1.88. The van der Waals surface area contributed by atoms with Crippen LogP contribution in [0.25, 0.3) is 0 Å². The highest BCUT2D eigenvalue weighted by Crippen LogP contribution is 2.19. The Morgan fingerprint density at radius 2 is 1.86 bits per heavy atom. The van der Waals surface area contributed by atoms with Crippen molar-refractivity contribution in [1.82, 2.24) is 4.90 Å². The van der Waals surface area contributed by atoms with Gasteiger partial charge in [-0.15, -0.1) is 0 Å². The Hall–Kier alpha value is -1.16. The minimum atomic E-state index is 0.0901. The van der Waals surface area contributed by atoms with E-state index in [-0.39, 0.29) is 6.04 Å². The van der Waals surface area contributed by atoms with Gasteiger partial charge in [0.25, 0.3) is 0 Å². The van der Waals surface area contributed by atoms with E-state index < -0.39 is 0 Å². The van der Waals surface area contributed by atoms with E-state index in [4.69, 9.17) is 5.73 Å². The highest BCUT2D eigenvalue weighted by atomic mass is 79.9. The van der Waals surface area contributed by atoms with E-state index in [1.807, 2.05) is 12.1 Å². The van der Waals surface area contributed by atoms with E-state index in [2.05, 4.69) is 70.2 Å². The van der Waals surface area contributed by atoms with Crippen LogP contribution in [0.2, 0.25) is 0 Å². The maximum Gasteiger partial charge on any atom is 0.0307 e. The van der Waals surface area contributed by atoms with Crippen LogP contribution in [0.15, 0.2) is 59.1 Å². The van der Waals surface area contributed by atoms with Gasteiger partial charge in [-0.05, 0) is 36.2 Å². The molecule has 0 saturated heterocycles. The average Bonchev–Trinajstić information content (AvgIpc) is 2.52. The SMILES string of the molecule is CCN(CCC(N)c1cccc(Br)c1)Cc1ccccc1. The van der Waals surface area contributed by atoms with Gasteiger partial charge in [0.1, 0.15) is 0 Å². The molecule has 0 spiro atoms. The molecular formula is C18H23BrN2. The standard InChI is InChI=1S/C18H23BrN2/c1-2-21(14-15-7-4-3-5-8-15)12-11-18(20)16-9-6-10-17(19)13-16/h3-10,13,18H,2,11-12,14,20H2,1H3. The van der Waals surface area contributed by atoms with Gasteiger partial charge in [-0.2, -0.15) is 0 Å². The van der Waals surface area contributed by atoms with Crippen LogP contribution in [0.4, 0.5) is 0 Å². The summed E-state index contributed by atoms with van der Waals surface area (Å²) in [7, 11) is 0. The Labute approximate surface area is 136 Å². The number of rotatable bonds is 7. The van der Waals surface area contributed by atoms with Gasteiger partial charge in [0, 0.05) is 23.6 Å². The summed E-state index contributed by atoms with van der Waals surface area (Å²) in [5.74, 6) is 0. The molecule has 21 heavy (non-hydrogen) atoms. The highest BCUT2D eigenvalue weighted by molar-refractivity contribution is 9.10. The third kappa shape index (κ3) is 5.27. The number of nitrogens with zero attached hydrogens (tertiary/aromatic N) is 1. The summed E-state index contributed by atoms with van der Waals surface area (Å²) in [6.45, 7) is 5.25. The van der Waals surface area contributed by atoms with Crippen LogP contribution in [0.5, 0.6) is 0 Å². The monoisotopic (exact) mass is 346 g/mol. The van der Waals surface area contributed by atoms with Gasteiger partial charge in [-0.3, -0.25) is 4.90 Å². The lowest BCUT2D eigenvalue weighted by Crippen LogP contribution is -2.27. The lowest BCUT2D eigenvalue weighted by Gasteiger charge is -2.22. The van der Waals surface area contributed by atoms with Crippen molar-refractivity contribution in [3.05, 3.63) is 70.2 Å². The van der Waals surface area contributed by atoms with E-state index in [1.54, 1.807) is 0 Å². The molecule has 0 aliphatic rings. The Kier molecular flexibility index (Phi) is 6.43. The minimum Gasteiger partial charge on any atom is -0.324 e. The van der Waals surface area contributed by atoms with Gasteiger partial charge in [0.15, 0.2) is 0 Å². The van der Waals surface area contributed by atoms with Crippen molar-refractivity contribution in [1.29, 1.82) is 0 Å². The fraction of sp³-hybridized carbons (Fsp3) is 0.333. The molecule has 2 rings (SSSR count). The molecule has 0 bridgehead atoms. The molecule has 112 valence electrons. The molecule has 2 aromatic rings. The summed E-state index contributed by atoms with van der Waals surface area (Å²) in [5, 5.41) is 0. The molecule has 2 N–H and O–H groups in total. The molecule has 0 amide bonds. The zero-order valence-corrected chi connectivity index (χ0v) is 14.1. The molecule has 0 aromatic heterocycles. The van der Waals surface area contributed by atoms with Gasteiger partial charge in [-0.1, -0.05) is 65.3 Å². The van der Waals surface area contributed by atoms with Crippen molar-refractivity contribution >= 4 is 15.9 Å². The molecule has 0 heterocycles.